The number of imidazole rings is 1. The highest BCUT2D eigenvalue weighted by Gasteiger charge is 2.13. The van der Waals surface area contributed by atoms with E-state index < -0.39 is 0 Å². The summed E-state index contributed by atoms with van der Waals surface area (Å²) in [5.41, 5.74) is 2.44. The van der Waals surface area contributed by atoms with Crippen LogP contribution in [-0.2, 0) is 13.1 Å². The van der Waals surface area contributed by atoms with Gasteiger partial charge in [0.15, 0.2) is 11.5 Å². The first-order valence-electron chi connectivity index (χ1n) is 10.2. The molecule has 0 aliphatic rings. The van der Waals surface area contributed by atoms with Crippen LogP contribution in [0.25, 0.3) is 11.0 Å². The molecule has 7 nitrogen and oxygen atoms in total. The lowest BCUT2D eigenvalue weighted by molar-refractivity contribution is 0.0949. The number of nitrogens with zero attached hydrogens (tertiary/aromatic N) is 3. The number of hydrogen-bond donors (Lipinski definition) is 1. The molecule has 4 rings (SSSR count). The van der Waals surface area contributed by atoms with E-state index in [1.54, 1.807) is 24.5 Å². The maximum absolute atomic E-state index is 12.4. The van der Waals surface area contributed by atoms with Gasteiger partial charge in [-0.05, 0) is 43.3 Å². The van der Waals surface area contributed by atoms with Crippen molar-refractivity contribution >= 4 is 16.9 Å². The van der Waals surface area contributed by atoms with Gasteiger partial charge in [0.05, 0.1) is 30.7 Å². The summed E-state index contributed by atoms with van der Waals surface area (Å²) >= 11 is 0. The number of rotatable bonds is 9. The monoisotopic (exact) mass is 416 g/mol. The number of carbonyl (C=O) groups excluding carboxylic acids is 1. The third-order valence-corrected chi connectivity index (χ3v) is 4.80. The molecular formula is C24H24N4O3. The van der Waals surface area contributed by atoms with Crippen molar-refractivity contribution in [3.05, 3.63) is 84.4 Å². The van der Waals surface area contributed by atoms with Crippen molar-refractivity contribution in [3.8, 4) is 11.5 Å². The van der Waals surface area contributed by atoms with Gasteiger partial charge in [-0.2, -0.15) is 0 Å². The van der Waals surface area contributed by atoms with Crippen molar-refractivity contribution in [3.63, 3.8) is 0 Å². The SMILES string of the molecule is CCOc1ccccc1OCCn1c(CNC(=O)c2ccncc2)nc2ccccc21. The fraction of sp³-hybridized carbons (Fsp3) is 0.208. The van der Waals surface area contributed by atoms with Crippen LogP contribution in [0.2, 0.25) is 0 Å². The Hall–Kier alpha value is -3.87. The van der Waals surface area contributed by atoms with Crippen LogP contribution in [0.4, 0.5) is 0 Å². The Kier molecular flexibility index (Phi) is 6.42. The number of fused-ring (bicyclic) bond motifs is 1. The fourth-order valence-corrected chi connectivity index (χ4v) is 3.37. The van der Waals surface area contributed by atoms with Gasteiger partial charge in [-0.25, -0.2) is 4.98 Å². The second kappa shape index (κ2) is 9.75. The Balaban J connectivity index is 1.48. The summed E-state index contributed by atoms with van der Waals surface area (Å²) in [6.45, 7) is 3.86. The summed E-state index contributed by atoms with van der Waals surface area (Å²) in [6.07, 6.45) is 3.20. The highest BCUT2D eigenvalue weighted by Crippen LogP contribution is 2.26. The maximum atomic E-state index is 12.4. The number of nitrogens with one attached hydrogen (secondary N) is 1. The van der Waals surface area contributed by atoms with Crippen LogP contribution >= 0.6 is 0 Å². The summed E-state index contributed by atoms with van der Waals surface area (Å²) in [5, 5.41) is 2.94. The molecule has 2 heterocycles. The molecule has 158 valence electrons. The molecule has 4 aromatic rings. The number of amides is 1. The molecule has 0 saturated carbocycles. The molecule has 0 atom stereocenters. The van der Waals surface area contributed by atoms with Gasteiger partial charge < -0.3 is 19.4 Å². The highest BCUT2D eigenvalue weighted by atomic mass is 16.5. The summed E-state index contributed by atoms with van der Waals surface area (Å²) in [6, 6.07) is 18.9. The van der Waals surface area contributed by atoms with E-state index in [0.29, 0.717) is 37.6 Å². The predicted octanol–water partition coefficient (Wildman–Crippen LogP) is 3.84. The van der Waals surface area contributed by atoms with E-state index in [9.17, 15) is 4.79 Å². The van der Waals surface area contributed by atoms with Gasteiger partial charge in [0.1, 0.15) is 12.4 Å². The zero-order valence-electron chi connectivity index (χ0n) is 17.3. The number of aromatic nitrogens is 3. The first kappa shape index (κ1) is 20.4. The van der Waals surface area contributed by atoms with Crippen LogP contribution in [-0.4, -0.2) is 33.7 Å². The normalized spacial score (nSPS) is 10.7. The smallest absolute Gasteiger partial charge is 0.251 e. The lowest BCUT2D eigenvalue weighted by atomic mass is 10.2. The number of para-hydroxylation sites is 4. The van der Waals surface area contributed by atoms with Crippen LogP contribution < -0.4 is 14.8 Å². The van der Waals surface area contributed by atoms with Crippen molar-refractivity contribution < 1.29 is 14.3 Å². The lowest BCUT2D eigenvalue weighted by Gasteiger charge is -2.14. The molecule has 2 aromatic carbocycles. The zero-order valence-corrected chi connectivity index (χ0v) is 17.3. The van der Waals surface area contributed by atoms with Crippen LogP contribution in [0.1, 0.15) is 23.1 Å². The molecule has 0 radical (unpaired) electrons. The Labute approximate surface area is 180 Å². The maximum Gasteiger partial charge on any atom is 0.251 e. The Morgan fingerprint density at radius 3 is 2.45 bits per heavy atom. The average Bonchev–Trinajstić information content (AvgIpc) is 3.17. The fourth-order valence-electron chi connectivity index (χ4n) is 3.37. The van der Waals surface area contributed by atoms with E-state index in [4.69, 9.17) is 14.5 Å². The van der Waals surface area contributed by atoms with Crippen molar-refractivity contribution in [2.75, 3.05) is 13.2 Å². The van der Waals surface area contributed by atoms with Crippen LogP contribution in [0.15, 0.2) is 73.1 Å². The minimum absolute atomic E-state index is 0.164. The minimum Gasteiger partial charge on any atom is -0.490 e. The third-order valence-electron chi connectivity index (χ3n) is 4.80. The van der Waals surface area contributed by atoms with Crippen LogP contribution in [0.3, 0.4) is 0 Å². The number of pyridine rings is 1. The molecule has 0 bridgehead atoms. The molecule has 0 saturated heterocycles. The summed E-state index contributed by atoms with van der Waals surface area (Å²) in [5.74, 6) is 2.04. The average molecular weight is 416 g/mol. The molecule has 1 amide bonds. The first-order chi connectivity index (χ1) is 15.3. The van der Waals surface area contributed by atoms with Gasteiger partial charge in [-0.3, -0.25) is 9.78 Å². The number of carbonyl (C=O) groups is 1. The van der Waals surface area contributed by atoms with Gasteiger partial charge in [-0.15, -0.1) is 0 Å². The molecule has 0 spiro atoms. The molecule has 0 aliphatic heterocycles. The molecular weight excluding hydrogens is 392 g/mol. The Bertz CT molecular complexity index is 1160. The second-order valence-electron chi connectivity index (χ2n) is 6.82. The lowest BCUT2D eigenvalue weighted by Crippen LogP contribution is -2.25. The predicted molar refractivity (Wildman–Crippen MR) is 118 cm³/mol. The second-order valence-corrected chi connectivity index (χ2v) is 6.82. The Morgan fingerprint density at radius 2 is 1.68 bits per heavy atom. The first-order valence-corrected chi connectivity index (χ1v) is 10.2. The molecule has 7 heteroatoms. The van der Waals surface area contributed by atoms with E-state index in [1.165, 1.54) is 0 Å². The van der Waals surface area contributed by atoms with E-state index >= 15 is 0 Å². The summed E-state index contributed by atoms with van der Waals surface area (Å²) in [7, 11) is 0. The summed E-state index contributed by atoms with van der Waals surface area (Å²) < 4.78 is 13.7. The number of ether oxygens (including phenoxy) is 2. The van der Waals surface area contributed by atoms with E-state index in [2.05, 4.69) is 14.9 Å². The van der Waals surface area contributed by atoms with E-state index in [-0.39, 0.29) is 5.91 Å². The van der Waals surface area contributed by atoms with Crippen molar-refractivity contribution in [2.24, 2.45) is 0 Å². The number of benzene rings is 2. The van der Waals surface area contributed by atoms with Crippen molar-refractivity contribution in [1.82, 2.24) is 19.9 Å². The van der Waals surface area contributed by atoms with Crippen LogP contribution in [0, 0.1) is 0 Å². The molecule has 2 aromatic heterocycles. The van der Waals surface area contributed by atoms with Crippen molar-refractivity contribution in [1.29, 1.82) is 0 Å². The van der Waals surface area contributed by atoms with E-state index in [1.807, 2.05) is 55.5 Å². The molecule has 0 unspecified atom stereocenters. The van der Waals surface area contributed by atoms with Gasteiger partial charge in [0.2, 0.25) is 0 Å². The highest BCUT2D eigenvalue weighted by molar-refractivity contribution is 5.93. The van der Waals surface area contributed by atoms with Crippen molar-refractivity contribution in [2.45, 2.75) is 20.0 Å². The van der Waals surface area contributed by atoms with E-state index in [0.717, 1.165) is 22.6 Å². The standard InChI is InChI=1S/C24H24N4O3/c1-2-30-21-9-5-6-10-22(21)31-16-15-28-20-8-4-3-7-19(20)27-23(28)17-26-24(29)18-11-13-25-14-12-18/h3-14H,2,15-17H2,1H3,(H,26,29). The molecule has 0 fully saturated rings. The molecule has 0 aliphatic carbocycles. The Morgan fingerprint density at radius 1 is 0.968 bits per heavy atom. The third kappa shape index (κ3) is 4.83. The van der Waals surface area contributed by atoms with Gasteiger partial charge >= 0.3 is 0 Å². The minimum atomic E-state index is -0.164. The summed E-state index contributed by atoms with van der Waals surface area (Å²) in [4.78, 5) is 21.1. The van der Waals surface area contributed by atoms with Gasteiger partial charge in [0.25, 0.3) is 5.91 Å². The van der Waals surface area contributed by atoms with Gasteiger partial charge in [-0.1, -0.05) is 24.3 Å². The van der Waals surface area contributed by atoms with Crippen LogP contribution in [0.5, 0.6) is 11.5 Å². The molecule has 1 N–H and O–H groups in total. The van der Waals surface area contributed by atoms with Gasteiger partial charge in [0, 0.05) is 18.0 Å². The molecule has 31 heavy (non-hydrogen) atoms. The zero-order chi connectivity index (χ0) is 21.5. The number of hydrogen-bond acceptors (Lipinski definition) is 5. The quantitative estimate of drug-likeness (QED) is 0.449. The topological polar surface area (TPSA) is 78.3 Å². The largest absolute Gasteiger partial charge is 0.490 e.